The number of carbonyl (C=O) groups excluding carboxylic acids is 2. The molecule has 34 heavy (non-hydrogen) atoms. The zero-order valence-electron chi connectivity index (χ0n) is 19.3. The molecule has 1 fully saturated rings. The monoisotopic (exact) mass is 454 g/mol. The Hall–Kier alpha value is -3.32. The highest BCUT2D eigenvalue weighted by Gasteiger charge is 2.61. The van der Waals surface area contributed by atoms with E-state index in [4.69, 9.17) is 0 Å². The van der Waals surface area contributed by atoms with Crippen LogP contribution in [0, 0.1) is 17.0 Å². The van der Waals surface area contributed by atoms with E-state index in [1.807, 2.05) is 12.1 Å². The molecule has 2 amide bonds. The Labute approximate surface area is 198 Å². The average Bonchev–Trinajstić information content (AvgIpc) is 3.08. The normalized spacial score (nSPS) is 25.7. The summed E-state index contributed by atoms with van der Waals surface area (Å²) in [7, 11) is 0. The fourth-order valence-corrected chi connectivity index (χ4v) is 6.20. The van der Waals surface area contributed by atoms with Crippen molar-refractivity contribution >= 4 is 23.2 Å². The average molecular weight is 455 g/mol. The highest BCUT2D eigenvalue weighted by molar-refractivity contribution is 6.23. The maximum atomic E-state index is 13.8. The highest BCUT2D eigenvalue weighted by atomic mass is 16.8. The molecular formula is C28H26N2O4. The minimum atomic E-state index is -1.04. The molecule has 6 heteroatoms. The van der Waals surface area contributed by atoms with Gasteiger partial charge >= 0.3 is 0 Å². The van der Waals surface area contributed by atoms with Crippen LogP contribution in [0.15, 0.2) is 66.7 Å². The summed E-state index contributed by atoms with van der Waals surface area (Å²) in [5.74, 6) is -1.67. The summed E-state index contributed by atoms with van der Waals surface area (Å²) in [6.07, 6.45) is 0. The summed E-state index contributed by atoms with van der Waals surface area (Å²) in [6.45, 7) is 6.54. The van der Waals surface area contributed by atoms with Gasteiger partial charge in [-0.1, -0.05) is 63.2 Å². The largest absolute Gasteiger partial charge is 0.595 e. The van der Waals surface area contributed by atoms with Gasteiger partial charge in [-0.15, -0.1) is 0 Å². The Morgan fingerprint density at radius 1 is 0.794 bits per heavy atom. The molecule has 5 unspecified atom stereocenters. The SMILES string of the molecule is CC(C)(C)c1ccc2c(c1)C1c3ccccc3C2C2C(=O)N(c3ccc([NH+]([O-])O)cc3)C(=O)C12. The van der Waals surface area contributed by atoms with Crippen molar-refractivity contribution in [2.24, 2.45) is 11.8 Å². The molecule has 0 saturated carbocycles. The van der Waals surface area contributed by atoms with E-state index in [2.05, 4.69) is 51.1 Å². The number of anilines is 1. The molecular weight excluding hydrogens is 428 g/mol. The van der Waals surface area contributed by atoms with Crippen molar-refractivity contribution in [3.05, 3.63) is 99.8 Å². The molecule has 3 aromatic rings. The zero-order chi connectivity index (χ0) is 23.9. The van der Waals surface area contributed by atoms with E-state index < -0.39 is 17.1 Å². The van der Waals surface area contributed by atoms with Gasteiger partial charge in [0.05, 0.1) is 17.5 Å². The number of hydrogen-bond donors (Lipinski definition) is 2. The van der Waals surface area contributed by atoms with Crippen LogP contribution in [0.3, 0.4) is 0 Å². The van der Waals surface area contributed by atoms with Gasteiger partial charge in [-0.05, 0) is 45.4 Å². The molecule has 1 aliphatic heterocycles. The molecule has 2 N–H and O–H groups in total. The molecule has 0 aromatic heterocycles. The molecule has 1 saturated heterocycles. The first kappa shape index (κ1) is 21.2. The van der Waals surface area contributed by atoms with Crippen LogP contribution in [0.2, 0.25) is 0 Å². The number of amides is 2. The molecule has 7 rings (SSSR count). The van der Waals surface area contributed by atoms with E-state index in [1.54, 1.807) is 12.1 Å². The van der Waals surface area contributed by atoms with Crippen molar-refractivity contribution in [2.45, 2.75) is 38.0 Å². The van der Waals surface area contributed by atoms with Gasteiger partial charge in [0.2, 0.25) is 11.8 Å². The van der Waals surface area contributed by atoms with Crippen LogP contribution in [0.4, 0.5) is 11.4 Å². The van der Waals surface area contributed by atoms with Crippen molar-refractivity contribution in [3.8, 4) is 0 Å². The third-order valence-corrected chi connectivity index (χ3v) is 7.78. The summed E-state index contributed by atoms with van der Waals surface area (Å²) < 4.78 is 0. The molecule has 0 spiro atoms. The number of nitrogens with zero attached hydrogens (tertiary/aromatic N) is 1. The smallest absolute Gasteiger partial charge is 0.238 e. The summed E-state index contributed by atoms with van der Waals surface area (Å²) in [6, 6.07) is 20.7. The van der Waals surface area contributed by atoms with Crippen molar-refractivity contribution in [1.82, 2.24) is 0 Å². The van der Waals surface area contributed by atoms with Crippen molar-refractivity contribution in [3.63, 3.8) is 0 Å². The maximum absolute atomic E-state index is 13.8. The molecule has 1 heterocycles. The van der Waals surface area contributed by atoms with E-state index in [-0.39, 0.29) is 34.8 Å². The maximum Gasteiger partial charge on any atom is 0.238 e. The van der Waals surface area contributed by atoms with Gasteiger partial charge in [-0.2, -0.15) is 5.23 Å². The molecule has 4 aliphatic rings. The first-order valence-corrected chi connectivity index (χ1v) is 11.6. The third-order valence-electron chi connectivity index (χ3n) is 7.78. The summed E-state index contributed by atoms with van der Waals surface area (Å²) in [5.41, 5.74) is 6.30. The summed E-state index contributed by atoms with van der Waals surface area (Å²) in [5, 5.41) is 19.4. The van der Waals surface area contributed by atoms with Crippen molar-refractivity contribution in [1.29, 1.82) is 0 Å². The fourth-order valence-electron chi connectivity index (χ4n) is 6.20. The standard InChI is InChI=1S/C28H26N2O4/c1-28(2,3)15-8-13-20-21(14-15)23-19-7-5-4-6-18(19)22(20)24-25(23)27(32)29(26(24)31)16-9-11-17(12-10-16)30(33)34/h4-14,22-25,30,33H,1-3H3. The Morgan fingerprint density at radius 3 is 1.85 bits per heavy atom. The molecule has 5 atom stereocenters. The molecule has 2 bridgehead atoms. The zero-order valence-corrected chi connectivity index (χ0v) is 19.3. The number of carbonyl (C=O) groups is 2. The second-order valence-electron chi connectivity index (χ2n) is 10.6. The van der Waals surface area contributed by atoms with Gasteiger partial charge in [0.25, 0.3) is 0 Å². The quantitative estimate of drug-likeness (QED) is 0.456. The lowest BCUT2D eigenvalue weighted by atomic mass is 9.54. The number of hydrogen-bond acceptors (Lipinski definition) is 4. The number of benzene rings is 3. The van der Waals surface area contributed by atoms with Crippen LogP contribution in [0.5, 0.6) is 0 Å². The number of quaternary nitrogens is 1. The Bertz CT molecular complexity index is 1340. The van der Waals surface area contributed by atoms with Gasteiger partial charge in [0.1, 0.15) is 0 Å². The van der Waals surface area contributed by atoms with Crippen LogP contribution in [-0.2, 0) is 15.0 Å². The van der Waals surface area contributed by atoms with Gasteiger partial charge < -0.3 is 5.21 Å². The van der Waals surface area contributed by atoms with Crippen molar-refractivity contribution in [2.75, 3.05) is 4.90 Å². The minimum Gasteiger partial charge on any atom is -0.595 e. The van der Waals surface area contributed by atoms with Crippen LogP contribution in [0.1, 0.15) is 60.4 Å². The number of imide groups is 1. The topological polar surface area (TPSA) is 85.1 Å². The van der Waals surface area contributed by atoms with E-state index in [0.717, 1.165) is 22.3 Å². The first-order chi connectivity index (χ1) is 16.2. The predicted octanol–water partition coefficient (Wildman–Crippen LogP) is 3.78. The van der Waals surface area contributed by atoms with E-state index in [1.165, 1.54) is 22.6 Å². The van der Waals surface area contributed by atoms with Gasteiger partial charge in [0.15, 0.2) is 5.69 Å². The molecule has 3 aromatic carbocycles. The van der Waals surface area contributed by atoms with E-state index in [0.29, 0.717) is 5.69 Å². The fraction of sp³-hybridized carbons (Fsp3) is 0.286. The lowest BCUT2D eigenvalue weighted by molar-refractivity contribution is -0.991. The Kier molecular flexibility index (Phi) is 4.43. The summed E-state index contributed by atoms with van der Waals surface area (Å²) in [4.78, 5) is 28.9. The first-order valence-electron chi connectivity index (χ1n) is 11.6. The molecule has 0 radical (unpaired) electrons. The van der Waals surface area contributed by atoms with Gasteiger partial charge in [-0.25, -0.2) is 10.1 Å². The van der Waals surface area contributed by atoms with Crippen LogP contribution in [-0.4, -0.2) is 17.0 Å². The molecule has 3 aliphatic carbocycles. The van der Waals surface area contributed by atoms with E-state index >= 15 is 0 Å². The molecule has 6 nitrogen and oxygen atoms in total. The minimum absolute atomic E-state index is 0.0297. The highest BCUT2D eigenvalue weighted by Crippen LogP contribution is 2.61. The third kappa shape index (κ3) is 2.79. The van der Waals surface area contributed by atoms with Gasteiger partial charge in [-0.3, -0.25) is 9.59 Å². The second-order valence-corrected chi connectivity index (χ2v) is 10.6. The number of rotatable bonds is 2. The lowest BCUT2D eigenvalue weighted by Gasteiger charge is -2.46. The van der Waals surface area contributed by atoms with Crippen LogP contribution >= 0.6 is 0 Å². The summed E-state index contributed by atoms with van der Waals surface area (Å²) >= 11 is 0. The van der Waals surface area contributed by atoms with Crippen LogP contribution in [0.25, 0.3) is 0 Å². The Morgan fingerprint density at radius 2 is 1.32 bits per heavy atom. The van der Waals surface area contributed by atoms with Crippen molar-refractivity contribution < 1.29 is 20.0 Å². The predicted molar refractivity (Wildman–Crippen MR) is 127 cm³/mol. The molecule has 172 valence electrons. The Balaban J connectivity index is 1.51. The number of nitrogens with one attached hydrogen (secondary N) is 1. The second kappa shape index (κ2) is 7.09. The van der Waals surface area contributed by atoms with Crippen LogP contribution < -0.4 is 10.1 Å². The lowest BCUT2D eigenvalue weighted by Crippen LogP contribution is -2.99. The van der Waals surface area contributed by atoms with Gasteiger partial charge in [0, 0.05) is 24.0 Å². The van der Waals surface area contributed by atoms with E-state index in [9.17, 15) is 20.0 Å².